The van der Waals surface area contributed by atoms with Gasteiger partial charge in [-0.1, -0.05) is 24.3 Å². The fourth-order valence-electron chi connectivity index (χ4n) is 4.66. The highest BCUT2D eigenvalue weighted by Crippen LogP contribution is 2.35. The molecule has 0 unspecified atom stereocenters. The number of imidazole rings is 1. The summed E-state index contributed by atoms with van der Waals surface area (Å²) in [6.45, 7) is 4.01. The Morgan fingerprint density at radius 3 is 2.27 bits per heavy atom. The molecule has 0 radical (unpaired) electrons. The number of alkyl halides is 1. The Morgan fingerprint density at radius 1 is 0.932 bits per heavy atom. The van der Waals surface area contributed by atoms with E-state index in [-0.39, 0.29) is 11.3 Å². The molecule has 5 aromatic rings. The number of hydrogen-bond donors (Lipinski definition) is 3. The molecule has 3 aromatic carbocycles. The molecule has 2 heterocycles. The first-order valence-corrected chi connectivity index (χ1v) is 13.8. The van der Waals surface area contributed by atoms with Crippen LogP contribution in [0.2, 0.25) is 0 Å². The van der Waals surface area contributed by atoms with Crippen LogP contribution in [-0.2, 0) is 4.79 Å². The Hall–Kier alpha value is -5.32. The number of amides is 2. The number of methoxy groups -OCH3 is 2. The van der Waals surface area contributed by atoms with E-state index in [4.69, 9.17) is 9.47 Å². The molecule has 2 amide bonds. The third kappa shape index (κ3) is 6.22. The van der Waals surface area contributed by atoms with Crippen molar-refractivity contribution < 1.29 is 27.8 Å². The topological polar surface area (TPSA) is 118 Å². The molecule has 0 aliphatic heterocycles. The van der Waals surface area contributed by atoms with Crippen molar-refractivity contribution in [3.05, 3.63) is 90.0 Å². The molecule has 3 N–H and O–H groups in total. The van der Waals surface area contributed by atoms with Crippen LogP contribution in [0.3, 0.4) is 0 Å². The van der Waals surface area contributed by atoms with Crippen LogP contribution in [0, 0.1) is 5.82 Å². The van der Waals surface area contributed by atoms with Crippen molar-refractivity contribution >= 4 is 28.3 Å². The minimum Gasteiger partial charge on any atom is -0.493 e. The standard InChI is InChI=1S/C33H31F2N5O4/c1-18(19-9-11-22(34)12-10-19)38-31(41)24-8-6-7-23(29(24)40-32(42)33(2,3)35)26-17-37-30(39-26)25-13-20-14-27(43-4)28(44-5)15-21(20)16-36-25/h6-18H,1-5H3,(H,37,39)(H,38,41)(H,40,42)/t18-/m1/s1. The number of pyridine rings is 1. The molecule has 1 atom stereocenters. The van der Waals surface area contributed by atoms with Crippen LogP contribution in [0.15, 0.2) is 73.1 Å². The van der Waals surface area contributed by atoms with Gasteiger partial charge in [-0.3, -0.25) is 14.6 Å². The van der Waals surface area contributed by atoms with E-state index in [1.807, 2.05) is 18.2 Å². The van der Waals surface area contributed by atoms with Gasteiger partial charge in [0.2, 0.25) is 0 Å². The van der Waals surface area contributed by atoms with Crippen LogP contribution < -0.4 is 20.1 Å². The molecule has 0 aliphatic rings. The number of halogens is 2. The van der Waals surface area contributed by atoms with Gasteiger partial charge in [-0.05, 0) is 68.1 Å². The summed E-state index contributed by atoms with van der Waals surface area (Å²) in [6, 6.07) is 15.6. The van der Waals surface area contributed by atoms with Gasteiger partial charge < -0.3 is 25.1 Å². The number of rotatable bonds is 9. The predicted molar refractivity (Wildman–Crippen MR) is 164 cm³/mol. The van der Waals surface area contributed by atoms with Gasteiger partial charge in [0.15, 0.2) is 23.0 Å². The lowest BCUT2D eigenvalue weighted by Gasteiger charge is -2.20. The Balaban J connectivity index is 1.52. The van der Waals surface area contributed by atoms with Crippen molar-refractivity contribution in [2.75, 3.05) is 19.5 Å². The molecule has 226 valence electrons. The summed E-state index contributed by atoms with van der Waals surface area (Å²) in [4.78, 5) is 38.5. The molecular formula is C33H31F2N5O4. The van der Waals surface area contributed by atoms with Crippen LogP contribution >= 0.6 is 0 Å². The number of carbonyl (C=O) groups excluding carboxylic acids is 2. The Kier molecular flexibility index (Phi) is 8.30. The third-order valence-electron chi connectivity index (χ3n) is 7.14. The van der Waals surface area contributed by atoms with Crippen LogP contribution in [0.1, 0.15) is 42.7 Å². The average molecular weight is 600 g/mol. The fraction of sp³-hybridized carbons (Fsp3) is 0.212. The van der Waals surface area contributed by atoms with Crippen LogP contribution in [0.4, 0.5) is 14.5 Å². The van der Waals surface area contributed by atoms with Gasteiger partial charge in [-0.25, -0.2) is 13.8 Å². The number of anilines is 1. The second-order valence-electron chi connectivity index (χ2n) is 10.7. The van der Waals surface area contributed by atoms with Crippen molar-refractivity contribution in [2.24, 2.45) is 0 Å². The van der Waals surface area contributed by atoms with Gasteiger partial charge in [0.1, 0.15) is 11.5 Å². The lowest BCUT2D eigenvalue weighted by molar-refractivity contribution is -0.125. The van der Waals surface area contributed by atoms with Gasteiger partial charge in [0.25, 0.3) is 11.8 Å². The number of fused-ring (bicyclic) bond motifs is 1. The number of aromatic nitrogens is 3. The average Bonchev–Trinajstić information content (AvgIpc) is 3.50. The minimum absolute atomic E-state index is 0.102. The van der Waals surface area contributed by atoms with E-state index in [0.29, 0.717) is 39.8 Å². The van der Waals surface area contributed by atoms with Crippen molar-refractivity contribution in [3.8, 4) is 34.3 Å². The monoisotopic (exact) mass is 599 g/mol. The second kappa shape index (κ2) is 12.1. The lowest BCUT2D eigenvalue weighted by atomic mass is 10.0. The van der Waals surface area contributed by atoms with Crippen LogP contribution in [-0.4, -0.2) is 46.7 Å². The van der Waals surface area contributed by atoms with Gasteiger partial charge in [0.05, 0.1) is 43.4 Å². The third-order valence-corrected chi connectivity index (χ3v) is 7.14. The largest absolute Gasteiger partial charge is 0.493 e. The van der Waals surface area contributed by atoms with E-state index in [2.05, 4.69) is 25.6 Å². The fourth-order valence-corrected chi connectivity index (χ4v) is 4.66. The summed E-state index contributed by atoms with van der Waals surface area (Å²) >= 11 is 0. The van der Waals surface area contributed by atoms with E-state index in [1.54, 1.807) is 57.8 Å². The zero-order chi connectivity index (χ0) is 31.6. The zero-order valence-corrected chi connectivity index (χ0v) is 24.8. The summed E-state index contributed by atoms with van der Waals surface area (Å²) < 4.78 is 38.9. The number of nitrogens with zero attached hydrogens (tertiary/aromatic N) is 2. The van der Waals surface area contributed by atoms with Crippen molar-refractivity contribution in [1.29, 1.82) is 0 Å². The number of hydrogen-bond acceptors (Lipinski definition) is 6. The van der Waals surface area contributed by atoms with E-state index < -0.39 is 29.3 Å². The summed E-state index contributed by atoms with van der Waals surface area (Å²) in [5.41, 5.74) is 0.0795. The number of H-pyrrole nitrogens is 1. The van der Waals surface area contributed by atoms with Gasteiger partial charge in [-0.2, -0.15) is 0 Å². The van der Waals surface area contributed by atoms with Crippen LogP contribution in [0.5, 0.6) is 11.5 Å². The number of benzene rings is 3. The summed E-state index contributed by atoms with van der Waals surface area (Å²) in [7, 11) is 3.12. The molecule has 0 saturated carbocycles. The molecule has 44 heavy (non-hydrogen) atoms. The van der Waals surface area contributed by atoms with E-state index in [0.717, 1.165) is 24.6 Å². The molecular weight excluding hydrogens is 568 g/mol. The summed E-state index contributed by atoms with van der Waals surface area (Å²) in [5.74, 6) is -0.257. The van der Waals surface area contributed by atoms with Gasteiger partial charge in [0, 0.05) is 17.1 Å². The molecule has 2 aromatic heterocycles. The number of aromatic amines is 1. The Morgan fingerprint density at radius 2 is 1.61 bits per heavy atom. The highest BCUT2D eigenvalue weighted by Gasteiger charge is 2.29. The molecule has 11 heteroatoms. The second-order valence-corrected chi connectivity index (χ2v) is 10.7. The van der Waals surface area contributed by atoms with E-state index >= 15 is 0 Å². The number of nitrogens with one attached hydrogen (secondary N) is 3. The maximum atomic E-state index is 14.7. The maximum Gasteiger partial charge on any atom is 0.261 e. The molecule has 9 nitrogen and oxygen atoms in total. The summed E-state index contributed by atoms with van der Waals surface area (Å²) in [5, 5.41) is 7.15. The zero-order valence-electron chi connectivity index (χ0n) is 24.8. The smallest absolute Gasteiger partial charge is 0.261 e. The predicted octanol–water partition coefficient (Wildman–Crippen LogP) is 6.63. The van der Waals surface area contributed by atoms with Gasteiger partial charge >= 0.3 is 0 Å². The first kappa shape index (κ1) is 30.1. The summed E-state index contributed by atoms with van der Waals surface area (Å²) in [6.07, 6.45) is 3.24. The Labute approximate surface area is 252 Å². The first-order chi connectivity index (χ1) is 21.0. The molecule has 0 saturated heterocycles. The molecule has 0 bridgehead atoms. The normalized spacial score (nSPS) is 12.1. The van der Waals surface area contributed by atoms with Gasteiger partial charge in [-0.15, -0.1) is 0 Å². The number of carbonyl (C=O) groups is 2. The number of para-hydroxylation sites is 1. The minimum atomic E-state index is -2.22. The number of ether oxygens (including phenoxy) is 2. The molecule has 0 fully saturated rings. The highest BCUT2D eigenvalue weighted by atomic mass is 19.1. The highest BCUT2D eigenvalue weighted by molar-refractivity contribution is 6.09. The maximum absolute atomic E-state index is 14.7. The molecule has 0 aliphatic carbocycles. The van der Waals surface area contributed by atoms with Crippen molar-refractivity contribution in [2.45, 2.75) is 32.5 Å². The quantitative estimate of drug-likeness (QED) is 0.175. The van der Waals surface area contributed by atoms with Crippen molar-refractivity contribution in [3.63, 3.8) is 0 Å². The lowest BCUT2D eigenvalue weighted by Crippen LogP contribution is -2.34. The van der Waals surface area contributed by atoms with Crippen LogP contribution in [0.25, 0.3) is 33.5 Å². The molecule has 0 spiro atoms. The van der Waals surface area contributed by atoms with Crippen molar-refractivity contribution in [1.82, 2.24) is 20.3 Å². The molecule has 5 rings (SSSR count). The Bertz CT molecular complexity index is 1850. The van der Waals surface area contributed by atoms with E-state index in [1.165, 1.54) is 18.2 Å². The SMILES string of the molecule is COc1cc2cnc(-c3ncc(-c4cccc(C(=O)N[C@H](C)c5ccc(F)cc5)c4NC(=O)C(C)(C)F)[nH]3)cc2cc1OC. The van der Waals surface area contributed by atoms with E-state index in [9.17, 15) is 18.4 Å². The first-order valence-electron chi connectivity index (χ1n) is 13.8.